The Labute approximate surface area is 234 Å². The third-order valence-corrected chi connectivity index (χ3v) is 8.05. The van der Waals surface area contributed by atoms with E-state index in [0.29, 0.717) is 19.0 Å². The Morgan fingerprint density at radius 3 is 2.64 bits per heavy atom. The molecule has 2 aromatic rings. The van der Waals surface area contributed by atoms with Gasteiger partial charge >= 0.3 is 0 Å². The molecule has 1 saturated carbocycles. The van der Waals surface area contributed by atoms with Crippen molar-refractivity contribution < 1.29 is 14.3 Å². The number of aryl methyl sites for hydroxylation is 1. The Kier molecular flexibility index (Phi) is 10.4. The summed E-state index contributed by atoms with van der Waals surface area (Å²) in [5.41, 5.74) is 4.49. The standard InChI is InChI=1S/C32H46N4O3/c1-5-15-34-31(37)20-25-7-6-8-30(19-25)39-29-13-10-26(11-14-29)32(38)35(4)28-12-9-27(23(2)18-28)22-36-17-16-33-24(3)21-36/h6-9,12,18-19,24,26,29,33H,5,10-11,13-17,20-22H2,1-4H3,(H,34,37)/t24-,26-,29-/m0/s1. The highest BCUT2D eigenvalue weighted by Crippen LogP contribution is 2.31. The van der Waals surface area contributed by atoms with Crippen molar-refractivity contribution in [3.63, 3.8) is 0 Å². The van der Waals surface area contributed by atoms with Gasteiger partial charge in [0.15, 0.2) is 0 Å². The molecule has 2 amide bonds. The number of hydrogen-bond donors (Lipinski definition) is 2. The molecule has 4 rings (SSSR count). The predicted octanol–water partition coefficient (Wildman–Crippen LogP) is 4.46. The van der Waals surface area contributed by atoms with E-state index in [4.69, 9.17) is 4.74 Å². The lowest BCUT2D eigenvalue weighted by molar-refractivity contribution is -0.123. The van der Waals surface area contributed by atoms with E-state index < -0.39 is 0 Å². The summed E-state index contributed by atoms with van der Waals surface area (Å²) in [6, 6.07) is 14.8. The van der Waals surface area contributed by atoms with Crippen LogP contribution in [0.3, 0.4) is 0 Å². The van der Waals surface area contributed by atoms with Gasteiger partial charge in [0.25, 0.3) is 0 Å². The zero-order chi connectivity index (χ0) is 27.8. The molecule has 0 spiro atoms. The Morgan fingerprint density at radius 1 is 1.13 bits per heavy atom. The highest BCUT2D eigenvalue weighted by molar-refractivity contribution is 5.94. The summed E-state index contributed by atoms with van der Waals surface area (Å²) in [6.45, 7) is 11.2. The zero-order valence-electron chi connectivity index (χ0n) is 24.2. The fourth-order valence-corrected chi connectivity index (χ4v) is 5.73. The molecule has 1 saturated heterocycles. The highest BCUT2D eigenvalue weighted by Gasteiger charge is 2.30. The molecule has 0 aromatic heterocycles. The van der Waals surface area contributed by atoms with Gasteiger partial charge in [-0.3, -0.25) is 14.5 Å². The first-order chi connectivity index (χ1) is 18.8. The molecule has 1 atom stereocenters. The van der Waals surface area contributed by atoms with Crippen molar-refractivity contribution in [3.05, 3.63) is 59.2 Å². The molecule has 39 heavy (non-hydrogen) atoms. The Morgan fingerprint density at radius 2 is 1.92 bits per heavy atom. The molecule has 0 radical (unpaired) electrons. The summed E-state index contributed by atoms with van der Waals surface area (Å²) >= 11 is 0. The van der Waals surface area contributed by atoms with Gasteiger partial charge < -0.3 is 20.3 Å². The molecular formula is C32H46N4O3. The Bertz CT molecular complexity index is 1110. The number of piperazine rings is 1. The summed E-state index contributed by atoms with van der Waals surface area (Å²) < 4.78 is 6.27. The third kappa shape index (κ3) is 8.29. The Balaban J connectivity index is 1.26. The molecule has 1 heterocycles. The fourth-order valence-electron chi connectivity index (χ4n) is 5.73. The second kappa shape index (κ2) is 13.9. The molecule has 7 heteroatoms. The van der Waals surface area contributed by atoms with E-state index in [9.17, 15) is 9.59 Å². The van der Waals surface area contributed by atoms with Crippen LogP contribution in [-0.4, -0.2) is 62.1 Å². The van der Waals surface area contributed by atoms with Crippen LogP contribution in [0.2, 0.25) is 0 Å². The summed E-state index contributed by atoms with van der Waals surface area (Å²) in [6.07, 6.45) is 4.74. The van der Waals surface area contributed by atoms with Crippen LogP contribution in [0.15, 0.2) is 42.5 Å². The van der Waals surface area contributed by atoms with Crippen molar-refractivity contribution in [1.82, 2.24) is 15.5 Å². The molecule has 2 aromatic carbocycles. The second-order valence-electron chi connectivity index (χ2n) is 11.4. The minimum atomic E-state index is 0.0192. The van der Waals surface area contributed by atoms with Gasteiger partial charge in [-0.05, 0) is 86.9 Å². The first-order valence-electron chi connectivity index (χ1n) is 14.7. The maximum atomic E-state index is 13.4. The number of nitrogens with one attached hydrogen (secondary N) is 2. The fraction of sp³-hybridized carbons (Fsp3) is 0.562. The minimum Gasteiger partial charge on any atom is -0.490 e. The molecule has 2 N–H and O–H groups in total. The van der Waals surface area contributed by atoms with Gasteiger partial charge in [0.05, 0.1) is 12.5 Å². The molecular weight excluding hydrogens is 488 g/mol. The summed E-state index contributed by atoms with van der Waals surface area (Å²) in [7, 11) is 1.90. The predicted molar refractivity (Wildman–Crippen MR) is 157 cm³/mol. The van der Waals surface area contributed by atoms with Crippen LogP contribution >= 0.6 is 0 Å². The number of ether oxygens (including phenoxy) is 1. The largest absolute Gasteiger partial charge is 0.490 e. The monoisotopic (exact) mass is 534 g/mol. The number of rotatable bonds is 10. The highest BCUT2D eigenvalue weighted by atomic mass is 16.5. The van der Waals surface area contributed by atoms with E-state index in [1.54, 1.807) is 0 Å². The van der Waals surface area contributed by atoms with Crippen LogP contribution in [-0.2, 0) is 22.6 Å². The normalized spacial score (nSPS) is 21.8. The molecule has 0 bridgehead atoms. The molecule has 1 aliphatic heterocycles. The number of carbonyl (C=O) groups is 2. The van der Waals surface area contributed by atoms with Crippen molar-refractivity contribution >= 4 is 17.5 Å². The number of anilines is 1. The SMILES string of the molecule is CCCNC(=O)Cc1cccc(O[C@H]2CC[C@H](C(=O)N(C)c3ccc(CN4CCN[C@@H](C)C4)c(C)c3)CC2)c1. The van der Waals surface area contributed by atoms with Gasteiger partial charge in [-0.1, -0.05) is 25.1 Å². The lowest BCUT2D eigenvalue weighted by Gasteiger charge is -2.32. The maximum Gasteiger partial charge on any atom is 0.229 e. The van der Waals surface area contributed by atoms with Crippen LogP contribution in [0.1, 0.15) is 62.6 Å². The lowest BCUT2D eigenvalue weighted by Crippen LogP contribution is -2.48. The summed E-state index contributed by atoms with van der Waals surface area (Å²) in [4.78, 5) is 29.8. The molecule has 212 valence electrons. The van der Waals surface area contributed by atoms with Crippen molar-refractivity contribution in [2.75, 3.05) is 38.1 Å². The number of benzene rings is 2. The maximum absolute atomic E-state index is 13.4. The number of nitrogens with zero attached hydrogens (tertiary/aromatic N) is 2. The molecule has 2 fully saturated rings. The van der Waals surface area contributed by atoms with Gasteiger partial charge in [-0.2, -0.15) is 0 Å². The van der Waals surface area contributed by atoms with Crippen molar-refractivity contribution in [1.29, 1.82) is 0 Å². The summed E-state index contributed by atoms with van der Waals surface area (Å²) in [5.74, 6) is 1.05. The van der Waals surface area contributed by atoms with E-state index >= 15 is 0 Å². The molecule has 7 nitrogen and oxygen atoms in total. The number of hydrogen-bond acceptors (Lipinski definition) is 5. The third-order valence-electron chi connectivity index (χ3n) is 8.05. The first kappa shape index (κ1) is 29.1. The molecule has 1 aliphatic carbocycles. The second-order valence-corrected chi connectivity index (χ2v) is 11.4. The number of carbonyl (C=O) groups excluding carboxylic acids is 2. The van der Waals surface area contributed by atoms with Gasteiger partial charge in [-0.15, -0.1) is 0 Å². The molecule has 2 aliphatic rings. The van der Waals surface area contributed by atoms with Gasteiger partial charge in [-0.25, -0.2) is 0 Å². The average molecular weight is 535 g/mol. The first-order valence-corrected chi connectivity index (χ1v) is 14.7. The quantitative estimate of drug-likeness (QED) is 0.471. The van der Waals surface area contributed by atoms with Crippen LogP contribution in [0, 0.1) is 12.8 Å². The Hall–Kier alpha value is -2.90. The van der Waals surface area contributed by atoms with Gasteiger partial charge in [0.1, 0.15) is 5.75 Å². The van der Waals surface area contributed by atoms with Crippen LogP contribution < -0.4 is 20.3 Å². The minimum absolute atomic E-state index is 0.0192. The van der Waals surface area contributed by atoms with E-state index in [1.807, 2.05) is 43.1 Å². The van der Waals surface area contributed by atoms with Crippen LogP contribution in [0.4, 0.5) is 5.69 Å². The van der Waals surface area contributed by atoms with Gasteiger partial charge in [0, 0.05) is 57.4 Å². The van der Waals surface area contributed by atoms with Crippen molar-refractivity contribution in [2.45, 2.75) is 78.0 Å². The van der Waals surface area contributed by atoms with E-state index in [2.05, 4.69) is 47.6 Å². The lowest BCUT2D eigenvalue weighted by atomic mass is 9.86. The van der Waals surface area contributed by atoms with Crippen molar-refractivity contribution in [3.8, 4) is 5.75 Å². The van der Waals surface area contributed by atoms with E-state index in [1.165, 1.54) is 11.1 Å². The van der Waals surface area contributed by atoms with Gasteiger partial charge in [0.2, 0.25) is 11.8 Å². The average Bonchev–Trinajstić information content (AvgIpc) is 2.93. The topological polar surface area (TPSA) is 73.9 Å². The smallest absolute Gasteiger partial charge is 0.229 e. The van der Waals surface area contributed by atoms with Crippen LogP contribution in [0.25, 0.3) is 0 Å². The summed E-state index contributed by atoms with van der Waals surface area (Å²) in [5, 5.41) is 6.42. The zero-order valence-corrected chi connectivity index (χ0v) is 24.2. The molecule has 0 unspecified atom stereocenters. The van der Waals surface area contributed by atoms with E-state index in [0.717, 1.165) is 75.3 Å². The number of amides is 2. The van der Waals surface area contributed by atoms with Crippen molar-refractivity contribution in [2.24, 2.45) is 5.92 Å². The van der Waals surface area contributed by atoms with Crippen LogP contribution in [0.5, 0.6) is 5.75 Å². The van der Waals surface area contributed by atoms with E-state index in [-0.39, 0.29) is 23.8 Å².